The molecule has 0 saturated carbocycles. The molecule has 0 amide bonds. The van der Waals surface area contributed by atoms with Crippen LogP contribution in [0.25, 0.3) is 21.5 Å². The third-order valence-corrected chi connectivity index (χ3v) is 3.97. The van der Waals surface area contributed by atoms with Crippen molar-refractivity contribution in [2.24, 2.45) is 7.05 Å². The largest absolute Gasteiger partial charge is 0.470 e. The van der Waals surface area contributed by atoms with Crippen LogP contribution in [0.4, 0.5) is 0 Å². The summed E-state index contributed by atoms with van der Waals surface area (Å²) in [7, 11) is 1.65. The van der Waals surface area contributed by atoms with Crippen molar-refractivity contribution in [2.45, 2.75) is 6.92 Å². The van der Waals surface area contributed by atoms with Gasteiger partial charge in [0.25, 0.3) is 10.8 Å². The number of ether oxygens (including phenoxy) is 1. The molecule has 1 N–H and O–H groups in total. The Morgan fingerprint density at radius 2 is 2.19 bits per heavy atom. The number of aryl methyl sites for hydroxylation is 1. The molecule has 0 unspecified atom stereocenters. The number of rotatable bonds is 3. The van der Waals surface area contributed by atoms with Gasteiger partial charge in [-0.3, -0.25) is 9.59 Å². The quantitative estimate of drug-likeness (QED) is 0.799. The van der Waals surface area contributed by atoms with E-state index < -0.39 is 0 Å². The molecule has 3 aromatic rings. The van der Waals surface area contributed by atoms with E-state index in [4.69, 9.17) is 4.74 Å². The molecule has 0 aliphatic rings. The Hall–Kier alpha value is -2.41. The van der Waals surface area contributed by atoms with E-state index in [0.29, 0.717) is 28.6 Å². The molecule has 0 fully saturated rings. The lowest BCUT2D eigenvalue weighted by molar-refractivity contribution is 0.339. The second-order valence-electron chi connectivity index (χ2n) is 4.50. The Labute approximate surface area is 123 Å². The first-order valence-electron chi connectivity index (χ1n) is 6.42. The SMILES string of the molecule is CCOc1nc2[nH]c(=O)c(-c3ccc(=O)n(C)c3)cc2s1. The second-order valence-corrected chi connectivity index (χ2v) is 5.50. The molecule has 0 saturated heterocycles. The average molecular weight is 303 g/mol. The zero-order valence-corrected chi connectivity index (χ0v) is 12.4. The second kappa shape index (κ2) is 5.17. The third kappa shape index (κ3) is 2.47. The molecule has 0 radical (unpaired) electrons. The van der Waals surface area contributed by atoms with Crippen LogP contribution in [-0.2, 0) is 7.05 Å². The Morgan fingerprint density at radius 3 is 2.90 bits per heavy atom. The molecule has 6 nitrogen and oxygen atoms in total. The van der Waals surface area contributed by atoms with Gasteiger partial charge in [-0.2, -0.15) is 4.98 Å². The lowest BCUT2D eigenvalue weighted by Crippen LogP contribution is -2.16. The fourth-order valence-corrected chi connectivity index (χ4v) is 2.90. The third-order valence-electron chi connectivity index (χ3n) is 3.05. The van der Waals surface area contributed by atoms with Gasteiger partial charge < -0.3 is 14.3 Å². The van der Waals surface area contributed by atoms with Crippen LogP contribution >= 0.6 is 11.3 Å². The van der Waals surface area contributed by atoms with Crippen molar-refractivity contribution in [1.29, 1.82) is 0 Å². The molecular weight excluding hydrogens is 290 g/mol. The van der Waals surface area contributed by atoms with Gasteiger partial charge in [0.1, 0.15) is 0 Å². The highest BCUT2D eigenvalue weighted by Crippen LogP contribution is 2.28. The Kier molecular flexibility index (Phi) is 3.34. The Bertz CT molecular complexity index is 923. The molecule has 0 aliphatic heterocycles. The standard InChI is InChI=1S/C14H13N3O3S/c1-3-20-14-16-12-10(21-14)6-9(13(19)15-12)8-4-5-11(18)17(2)7-8/h4-7H,3H2,1-2H3,(H,15,19). The molecule has 3 heterocycles. The number of aromatic nitrogens is 3. The van der Waals surface area contributed by atoms with Crippen LogP contribution in [0.15, 0.2) is 34.0 Å². The number of nitrogens with one attached hydrogen (secondary N) is 1. The molecule has 0 aliphatic carbocycles. The predicted octanol–water partition coefficient (Wildman–Crippen LogP) is 1.75. The van der Waals surface area contributed by atoms with Crippen molar-refractivity contribution < 1.29 is 4.74 Å². The number of fused-ring (bicyclic) bond motifs is 1. The van der Waals surface area contributed by atoms with Gasteiger partial charge in [-0.25, -0.2) is 0 Å². The summed E-state index contributed by atoms with van der Waals surface area (Å²) in [5.41, 5.74) is 1.35. The van der Waals surface area contributed by atoms with E-state index in [0.717, 1.165) is 4.70 Å². The first-order chi connectivity index (χ1) is 10.1. The number of aromatic amines is 1. The molecule has 7 heteroatoms. The van der Waals surface area contributed by atoms with Gasteiger partial charge in [0.05, 0.1) is 11.3 Å². The van der Waals surface area contributed by atoms with Crippen LogP contribution in [0, 0.1) is 0 Å². The maximum atomic E-state index is 12.2. The smallest absolute Gasteiger partial charge is 0.275 e. The molecule has 108 valence electrons. The minimum absolute atomic E-state index is 0.118. The van der Waals surface area contributed by atoms with Crippen LogP contribution in [0.5, 0.6) is 5.19 Å². The topological polar surface area (TPSA) is 77.0 Å². The molecule has 3 aromatic heterocycles. The summed E-state index contributed by atoms with van der Waals surface area (Å²) in [6.07, 6.45) is 1.64. The van der Waals surface area contributed by atoms with Gasteiger partial charge in [-0.15, -0.1) is 0 Å². The molecule has 3 rings (SSSR count). The maximum absolute atomic E-state index is 12.2. The predicted molar refractivity (Wildman–Crippen MR) is 82.1 cm³/mol. The number of H-pyrrole nitrogens is 1. The fraction of sp³-hybridized carbons (Fsp3) is 0.214. The first-order valence-corrected chi connectivity index (χ1v) is 7.24. The molecule has 0 bridgehead atoms. The van der Waals surface area contributed by atoms with Crippen LogP contribution in [0.2, 0.25) is 0 Å². The van der Waals surface area contributed by atoms with E-state index in [-0.39, 0.29) is 11.1 Å². The van der Waals surface area contributed by atoms with Crippen molar-refractivity contribution in [1.82, 2.24) is 14.5 Å². The van der Waals surface area contributed by atoms with Crippen LogP contribution < -0.4 is 15.9 Å². The summed E-state index contributed by atoms with van der Waals surface area (Å²) >= 11 is 1.37. The van der Waals surface area contributed by atoms with E-state index >= 15 is 0 Å². The minimum atomic E-state index is -0.241. The van der Waals surface area contributed by atoms with E-state index in [9.17, 15) is 9.59 Å². The number of hydrogen-bond donors (Lipinski definition) is 1. The van der Waals surface area contributed by atoms with Gasteiger partial charge in [0.2, 0.25) is 5.56 Å². The van der Waals surface area contributed by atoms with Crippen molar-refractivity contribution in [3.63, 3.8) is 0 Å². The maximum Gasteiger partial charge on any atom is 0.275 e. The van der Waals surface area contributed by atoms with E-state index in [1.54, 1.807) is 25.4 Å². The first kappa shape index (κ1) is 13.6. The highest BCUT2D eigenvalue weighted by molar-refractivity contribution is 7.20. The van der Waals surface area contributed by atoms with Gasteiger partial charge in [-0.05, 0) is 19.1 Å². The van der Waals surface area contributed by atoms with Crippen molar-refractivity contribution in [3.8, 4) is 16.3 Å². The van der Waals surface area contributed by atoms with E-state index in [1.807, 2.05) is 6.92 Å². The van der Waals surface area contributed by atoms with Crippen LogP contribution in [0.1, 0.15) is 6.92 Å². The molecule has 21 heavy (non-hydrogen) atoms. The molecular formula is C14H13N3O3S. The summed E-state index contributed by atoms with van der Waals surface area (Å²) < 4.78 is 7.63. The van der Waals surface area contributed by atoms with Crippen molar-refractivity contribution >= 4 is 21.7 Å². The minimum Gasteiger partial charge on any atom is -0.470 e. The van der Waals surface area contributed by atoms with Gasteiger partial charge >= 0.3 is 0 Å². The van der Waals surface area contributed by atoms with Gasteiger partial charge in [0, 0.05) is 30.4 Å². The lowest BCUT2D eigenvalue weighted by atomic mass is 10.1. The highest BCUT2D eigenvalue weighted by atomic mass is 32.1. The Balaban J connectivity index is 2.17. The van der Waals surface area contributed by atoms with Crippen molar-refractivity contribution in [3.05, 3.63) is 45.1 Å². The summed E-state index contributed by atoms with van der Waals surface area (Å²) in [6, 6.07) is 4.86. The number of hydrogen-bond acceptors (Lipinski definition) is 5. The zero-order chi connectivity index (χ0) is 15.0. The fourth-order valence-electron chi connectivity index (χ4n) is 2.02. The highest BCUT2D eigenvalue weighted by Gasteiger charge is 2.11. The van der Waals surface area contributed by atoms with Gasteiger partial charge in [-0.1, -0.05) is 11.3 Å². The van der Waals surface area contributed by atoms with Crippen molar-refractivity contribution in [2.75, 3.05) is 6.61 Å². The van der Waals surface area contributed by atoms with E-state index in [1.165, 1.54) is 22.0 Å². The van der Waals surface area contributed by atoms with Gasteiger partial charge in [0.15, 0.2) is 5.65 Å². The number of pyridine rings is 2. The molecule has 0 spiro atoms. The number of thiazole rings is 1. The summed E-state index contributed by atoms with van der Waals surface area (Å²) in [5.74, 6) is 0. The Morgan fingerprint density at radius 1 is 1.38 bits per heavy atom. The average Bonchev–Trinajstić information content (AvgIpc) is 2.83. The molecule has 0 atom stereocenters. The summed E-state index contributed by atoms with van der Waals surface area (Å²) in [5, 5.41) is 0.528. The zero-order valence-electron chi connectivity index (χ0n) is 11.5. The lowest BCUT2D eigenvalue weighted by Gasteiger charge is -2.02. The molecule has 0 aromatic carbocycles. The van der Waals surface area contributed by atoms with Crippen LogP contribution in [-0.4, -0.2) is 21.1 Å². The van der Waals surface area contributed by atoms with E-state index in [2.05, 4.69) is 9.97 Å². The number of nitrogens with zero attached hydrogens (tertiary/aromatic N) is 2. The summed E-state index contributed by atoms with van der Waals surface area (Å²) in [6.45, 7) is 2.41. The summed E-state index contributed by atoms with van der Waals surface area (Å²) in [4.78, 5) is 30.6. The van der Waals surface area contributed by atoms with Crippen LogP contribution in [0.3, 0.4) is 0 Å². The monoisotopic (exact) mass is 303 g/mol. The normalized spacial score (nSPS) is 11.0.